The average molecular weight is 261 g/mol. The third-order valence-electron chi connectivity index (χ3n) is 4.15. The van der Waals surface area contributed by atoms with E-state index in [9.17, 15) is 9.90 Å². The number of rotatable bonds is 4. The van der Waals surface area contributed by atoms with Gasteiger partial charge in [-0.3, -0.25) is 4.79 Å². The molecular formula is C16H23NO2. The van der Waals surface area contributed by atoms with Gasteiger partial charge in [0, 0.05) is 0 Å². The molecule has 1 saturated heterocycles. The Morgan fingerprint density at radius 1 is 1.21 bits per heavy atom. The zero-order chi connectivity index (χ0) is 13.8. The van der Waals surface area contributed by atoms with Crippen molar-refractivity contribution in [1.82, 2.24) is 5.32 Å². The highest BCUT2D eigenvalue weighted by Crippen LogP contribution is 2.28. The molecule has 3 nitrogen and oxygen atoms in total. The van der Waals surface area contributed by atoms with Gasteiger partial charge in [-0.15, -0.1) is 0 Å². The molecule has 19 heavy (non-hydrogen) atoms. The Balaban J connectivity index is 2.12. The molecule has 1 heterocycles. The highest BCUT2D eigenvalue weighted by atomic mass is 16.3. The second kappa shape index (κ2) is 6.20. The molecule has 0 saturated carbocycles. The van der Waals surface area contributed by atoms with Crippen molar-refractivity contribution in [3.05, 3.63) is 35.4 Å². The molecular weight excluding hydrogens is 238 g/mol. The van der Waals surface area contributed by atoms with Crippen LogP contribution in [0.25, 0.3) is 0 Å². The summed E-state index contributed by atoms with van der Waals surface area (Å²) in [6.07, 6.45) is 2.97. The van der Waals surface area contributed by atoms with E-state index < -0.39 is 6.23 Å². The van der Waals surface area contributed by atoms with Crippen LogP contribution in [0.4, 0.5) is 0 Å². The standard InChI is InChI=1S/C16H23NO2/c1-3-11(4-2)12-5-7-13(8-6-12)14-9-10-15(18)17-16(14)19/h5-8,11,14-15,18H,3-4,9-10H2,1-2H3,(H,17,19). The van der Waals surface area contributed by atoms with Crippen LogP contribution in [0.1, 0.15) is 62.5 Å². The summed E-state index contributed by atoms with van der Waals surface area (Å²) < 4.78 is 0. The van der Waals surface area contributed by atoms with Gasteiger partial charge in [-0.25, -0.2) is 0 Å². The Kier molecular flexibility index (Phi) is 4.59. The largest absolute Gasteiger partial charge is 0.374 e. The maximum Gasteiger partial charge on any atom is 0.229 e. The minimum Gasteiger partial charge on any atom is -0.374 e. The summed E-state index contributed by atoms with van der Waals surface area (Å²) in [5.74, 6) is 0.434. The van der Waals surface area contributed by atoms with Crippen LogP contribution in [0.3, 0.4) is 0 Å². The molecule has 0 aromatic heterocycles. The van der Waals surface area contributed by atoms with E-state index in [1.165, 1.54) is 5.56 Å². The molecule has 0 aliphatic carbocycles. The van der Waals surface area contributed by atoms with Crippen LogP contribution in [0.15, 0.2) is 24.3 Å². The van der Waals surface area contributed by atoms with E-state index in [4.69, 9.17) is 0 Å². The molecule has 0 radical (unpaired) electrons. The first-order valence-electron chi connectivity index (χ1n) is 7.24. The molecule has 2 N–H and O–H groups in total. The number of piperidine rings is 1. The van der Waals surface area contributed by atoms with Crippen molar-refractivity contribution in [2.24, 2.45) is 0 Å². The van der Waals surface area contributed by atoms with Gasteiger partial charge in [0.1, 0.15) is 6.23 Å². The number of carbonyl (C=O) groups is 1. The third-order valence-corrected chi connectivity index (χ3v) is 4.15. The number of carbonyl (C=O) groups excluding carboxylic acids is 1. The van der Waals surface area contributed by atoms with Crippen LogP contribution in [0, 0.1) is 0 Å². The molecule has 1 amide bonds. The monoisotopic (exact) mass is 261 g/mol. The molecule has 0 spiro atoms. The fourth-order valence-corrected chi connectivity index (χ4v) is 2.87. The van der Waals surface area contributed by atoms with Crippen molar-refractivity contribution in [3.63, 3.8) is 0 Å². The summed E-state index contributed by atoms with van der Waals surface area (Å²) in [4.78, 5) is 11.9. The Morgan fingerprint density at radius 2 is 1.84 bits per heavy atom. The predicted octanol–water partition coefficient (Wildman–Crippen LogP) is 2.90. The van der Waals surface area contributed by atoms with Crippen LogP contribution < -0.4 is 5.32 Å². The number of hydrogen-bond acceptors (Lipinski definition) is 2. The Labute approximate surface area is 115 Å². The van der Waals surface area contributed by atoms with Crippen molar-refractivity contribution in [3.8, 4) is 0 Å². The van der Waals surface area contributed by atoms with Crippen molar-refractivity contribution in [2.45, 2.75) is 57.6 Å². The van der Waals surface area contributed by atoms with Gasteiger partial charge >= 0.3 is 0 Å². The van der Waals surface area contributed by atoms with Crippen LogP contribution in [0.2, 0.25) is 0 Å². The fraction of sp³-hybridized carbons (Fsp3) is 0.562. The number of hydrogen-bond donors (Lipinski definition) is 2. The Morgan fingerprint density at radius 3 is 2.37 bits per heavy atom. The van der Waals surface area contributed by atoms with Crippen molar-refractivity contribution in [1.29, 1.82) is 0 Å². The lowest BCUT2D eigenvalue weighted by atomic mass is 9.87. The zero-order valence-electron chi connectivity index (χ0n) is 11.7. The highest BCUT2D eigenvalue weighted by Gasteiger charge is 2.27. The first-order chi connectivity index (χ1) is 9.15. The summed E-state index contributed by atoms with van der Waals surface area (Å²) in [5, 5.41) is 12.0. The fourth-order valence-electron chi connectivity index (χ4n) is 2.87. The average Bonchev–Trinajstić information content (AvgIpc) is 2.41. The quantitative estimate of drug-likeness (QED) is 0.875. The van der Waals surface area contributed by atoms with Gasteiger partial charge in [0.15, 0.2) is 0 Å². The van der Waals surface area contributed by atoms with E-state index in [1.54, 1.807) is 0 Å². The Hall–Kier alpha value is -1.35. The van der Waals surface area contributed by atoms with Gasteiger partial charge < -0.3 is 10.4 Å². The maximum absolute atomic E-state index is 11.9. The molecule has 1 aromatic carbocycles. The minimum atomic E-state index is -0.674. The summed E-state index contributed by atoms with van der Waals surface area (Å²) >= 11 is 0. The predicted molar refractivity (Wildman–Crippen MR) is 75.9 cm³/mol. The molecule has 1 aliphatic rings. The summed E-state index contributed by atoms with van der Waals surface area (Å²) in [5.41, 5.74) is 2.41. The maximum atomic E-state index is 11.9. The van der Waals surface area contributed by atoms with Crippen LogP contribution in [0.5, 0.6) is 0 Å². The number of benzene rings is 1. The lowest BCUT2D eigenvalue weighted by Gasteiger charge is -2.26. The van der Waals surface area contributed by atoms with E-state index in [2.05, 4.69) is 43.4 Å². The molecule has 1 fully saturated rings. The Bertz CT molecular complexity index is 423. The smallest absolute Gasteiger partial charge is 0.229 e. The van der Waals surface area contributed by atoms with Crippen LogP contribution >= 0.6 is 0 Å². The first kappa shape index (κ1) is 14.1. The minimum absolute atomic E-state index is 0.0611. The van der Waals surface area contributed by atoms with Crippen molar-refractivity contribution in [2.75, 3.05) is 0 Å². The SMILES string of the molecule is CCC(CC)c1ccc(C2CCC(O)NC2=O)cc1. The second-order valence-corrected chi connectivity index (χ2v) is 5.33. The van der Waals surface area contributed by atoms with Gasteiger partial charge in [0.25, 0.3) is 0 Å². The van der Waals surface area contributed by atoms with E-state index in [-0.39, 0.29) is 11.8 Å². The zero-order valence-corrected chi connectivity index (χ0v) is 11.7. The van der Waals surface area contributed by atoms with Gasteiger partial charge in [0.2, 0.25) is 5.91 Å². The van der Waals surface area contributed by atoms with Gasteiger partial charge in [-0.05, 0) is 42.7 Å². The van der Waals surface area contributed by atoms with Crippen molar-refractivity contribution < 1.29 is 9.90 Å². The molecule has 2 unspecified atom stereocenters. The lowest BCUT2D eigenvalue weighted by Crippen LogP contribution is -2.42. The van der Waals surface area contributed by atoms with E-state index in [0.717, 1.165) is 24.8 Å². The number of aliphatic hydroxyl groups excluding tert-OH is 1. The second-order valence-electron chi connectivity index (χ2n) is 5.33. The third kappa shape index (κ3) is 3.16. The van der Waals surface area contributed by atoms with Crippen LogP contribution in [-0.2, 0) is 4.79 Å². The van der Waals surface area contributed by atoms with E-state index in [1.807, 2.05) is 0 Å². The number of nitrogens with one attached hydrogen (secondary N) is 1. The van der Waals surface area contributed by atoms with E-state index in [0.29, 0.717) is 12.3 Å². The molecule has 0 bridgehead atoms. The lowest BCUT2D eigenvalue weighted by molar-refractivity contribution is -0.128. The summed E-state index contributed by atoms with van der Waals surface area (Å²) in [6, 6.07) is 8.42. The van der Waals surface area contributed by atoms with Crippen molar-refractivity contribution >= 4 is 5.91 Å². The van der Waals surface area contributed by atoms with Gasteiger partial charge in [-0.1, -0.05) is 38.1 Å². The van der Waals surface area contributed by atoms with Gasteiger partial charge in [0.05, 0.1) is 5.92 Å². The molecule has 1 aromatic rings. The molecule has 1 aliphatic heterocycles. The summed E-state index contributed by atoms with van der Waals surface area (Å²) in [7, 11) is 0. The molecule has 2 atom stereocenters. The first-order valence-corrected chi connectivity index (χ1v) is 7.24. The van der Waals surface area contributed by atoms with Gasteiger partial charge in [-0.2, -0.15) is 0 Å². The van der Waals surface area contributed by atoms with E-state index >= 15 is 0 Å². The highest BCUT2D eigenvalue weighted by molar-refractivity contribution is 5.84. The molecule has 3 heteroatoms. The number of amides is 1. The number of aliphatic hydroxyl groups is 1. The molecule has 2 rings (SSSR count). The molecule has 104 valence electrons. The normalized spacial score (nSPS) is 23.5. The summed E-state index contributed by atoms with van der Waals surface area (Å²) in [6.45, 7) is 4.41. The van der Waals surface area contributed by atoms with Crippen LogP contribution in [-0.4, -0.2) is 17.2 Å². The topological polar surface area (TPSA) is 49.3 Å².